The number of anilines is 1. The van der Waals surface area contributed by atoms with Crippen LogP contribution in [0.4, 0.5) is 32.0 Å². The van der Waals surface area contributed by atoms with Crippen molar-refractivity contribution in [1.29, 1.82) is 0 Å². The molecule has 0 fully saturated rings. The van der Waals surface area contributed by atoms with Gasteiger partial charge in [0.2, 0.25) is 5.91 Å². The molecule has 0 aliphatic carbocycles. The van der Waals surface area contributed by atoms with Gasteiger partial charge >= 0.3 is 12.4 Å². The molecule has 0 aliphatic rings. The molecule has 0 spiro atoms. The zero-order valence-corrected chi connectivity index (χ0v) is 17.7. The number of aryl methyl sites for hydroxylation is 1. The molecule has 0 saturated carbocycles. The Labute approximate surface area is 183 Å². The van der Waals surface area contributed by atoms with Crippen LogP contribution in [0.25, 0.3) is 11.0 Å². The van der Waals surface area contributed by atoms with E-state index in [1.54, 1.807) is 4.68 Å². The fraction of sp³-hybridized carbons (Fsp3) is 0.400. The molecule has 0 unspecified atom stereocenters. The lowest BCUT2D eigenvalue weighted by molar-refractivity contribution is -0.143. The van der Waals surface area contributed by atoms with Crippen molar-refractivity contribution in [3.63, 3.8) is 0 Å². The lowest BCUT2D eigenvalue weighted by Gasteiger charge is -2.19. The van der Waals surface area contributed by atoms with Gasteiger partial charge in [0.25, 0.3) is 5.56 Å². The molecule has 2 aromatic heterocycles. The van der Waals surface area contributed by atoms with E-state index in [-0.39, 0.29) is 18.0 Å². The molecule has 3 rings (SSSR count). The number of alkyl halides is 6. The number of benzene rings is 1. The molecular formula is C20H19F6N5O2. The van der Waals surface area contributed by atoms with Crippen LogP contribution in [0.15, 0.2) is 35.5 Å². The number of nitrogens with zero attached hydrogens (tertiary/aromatic N) is 4. The van der Waals surface area contributed by atoms with Crippen LogP contribution in [0, 0.1) is 0 Å². The van der Waals surface area contributed by atoms with Crippen LogP contribution in [-0.4, -0.2) is 25.2 Å². The van der Waals surface area contributed by atoms with Crippen molar-refractivity contribution in [1.82, 2.24) is 19.3 Å². The third kappa shape index (κ3) is 5.34. The van der Waals surface area contributed by atoms with Gasteiger partial charge in [0.15, 0.2) is 5.65 Å². The lowest BCUT2D eigenvalue weighted by Crippen LogP contribution is -2.26. The van der Waals surface area contributed by atoms with Gasteiger partial charge < -0.3 is 5.32 Å². The summed E-state index contributed by atoms with van der Waals surface area (Å²) in [6.45, 7) is 5.41. The third-order valence-electron chi connectivity index (χ3n) is 4.64. The van der Waals surface area contributed by atoms with E-state index in [0.717, 1.165) is 4.57 Å². The van der Waals surface area contributed by atoms with E-state index >= 15 is 0 Å². The number of rotatable bonds is 4. The predicted molar refractivity (Wildman–Crippen MR) is 106 cm³/mol. The molecule has 1 aromatic carbocycles. The van der Waals surface area contributed by atoms with E-state index in [9.17, 15) is 35.9 Å². The lowest BCUT2D eigenvalue weighted by atomic mass is 10.1. The summed E-state index contributed by atoms with van der Waals surface area (Å²) in [5, 5.41) is 6.39. The van der Waals surface area contributed by atoms with E-state index in [1.165, 1.54) is 12.5 Å². The molecule has 7 nitrogen and oxygen atoms in total. The van der Waals surface area contributed by atoms with Crippen LogP contribution in [0.5, 0.6) is 0 Å². The largest absolute Gasteiger partial charge is 0.416 e. The first-order valence-electron chi connectivity index (χ1n) is 9.60. The second kappa shape index (κ2) is 8.19. The maximum Gasteiger partial charge on any atom is 0.416 e. The molecule has 0 aliphatic heterocycles. The Balaban J connectivity index is 1.79. The number of carbonyl (C=O) groups excluding carboxylic acids is 1. The topological polar surface area (TPSA) is 81.8 Å². The van der Waals surface area contributed by atoms with Crippen LogP contribution < -0.4 is 10.9 Å². The van der Waals surface area contributed by atoms with Crippen LogP contribution in [0.1, 0.15) is 38.3 Å². The number of nitrogens with one attached hydrogen (secondary N) is 1. The number of hydrogen-bond acceptors (Lipinski definition) is 4. The van der Waals surface area contributed by atoms with Crippen molar-refractivity contribution in [3.8, 4) is 0 Å². The Hall–Kier alpha value is -3.38. The average Bonchev–Trinajstić information content (AvgIpc) is 3.11. The second-order valence-electron chi connectivity index (χ2n) is 8.30. The van der Waals surface area contributed by atoms with Gasteiger partial charge in [-0.05, 0) is 39.0 Å². The Kier molecular flexibility index (Phi) is 6.03. The highest BCUT2D eigenvalue weighted by atomic mass is 19.4. The number of fused-ring (bicyclic) bond motifs is 1. The normalized spacial score (nSPS) is 12.9. The van der Waals surface area contributed by atoms with Gasteiger partial charge in [-0.3, -0.25) is 14.2 Å². The Morgan fingerprint density at radius 3 is 2.09 bits per heavy atom. The highest BCUT2D eigenvalue weighted by Crippen LogP contribution is 2.37. The van der Waals surface area contributed by atoms with Gasteiger partial charge in [-0.15, -0.1) is 0 Å². The van der Waals surface area contributed by atoms with Crippen molar-refractivity contribution < 1.29 is 31.1 Å². The molecule has 0 radical (unpaired) electrons. The first-order chi connectivity index (χ1) is 15.1. The number of aromatic nitrogens is 4. The maximum absolute atomic E-state index is 13.0. The van der Waals surface area contributed by atoms with Gasteiger partial charge in [0.05, 0.1) is 29.2 Å². The number of carbonyl (C=O) groups is 1. The number of hydrogen-bond donors (Lipinski definition) is 1. The Bertz CT molecular complexity index is 1220. The summed E-state index contributed by atoms with van der Waals surface area (Å²) >= 11 is 0. The van der Waals surface area contributed by atoms with Crippen molar-refractivity contribution >= 4 is 22.6 Å². The standard InChI is InChI=1S/C20H19F6N5O2/c1-18(2,3)31-16-14(9-28-31)17(33)30(10-27-16)5-4-15(32)29-13-7-11(19(21,22)23)6-12(8-13)20(24,25)26/h6-10H,4-5H2,1-3H3,(H,29,32). The molecule has 2 heterocycles. The van der Waals surface area contributed by atoms with Crippen LogP contribution >= 0.6 is 0 Å². The van der Waals surface area contributed by atoms with E-state index in [2.05, 4.69) is 10.1 Å². The van der Waals surface area contributed by atoms with Crippen molar-refractivity contribution in [2.75, 3.05) is 5.32 Å². The molecule has 0 bridgehead atoms. The summed E-state index contributed by atoms with van der Waals surface area (Å²) in [7, 11) is 0. The first kappa shape index (κ1) is 24.3. The van der Waals surface area contributed by atoms with Crippen molar-refractivity contribution in [2.24, 2.45) is 0 Å². The van der Waals surface area contributed by atoms with Gasteiger partial charge in [-0.25, -0.2) is 9.67 Å². The highest BCUT2D eigenvalue weighted by molar-refractivity contribution is 5.91. The molecule has 1 N–H and O–H groups in total. The quantitative estimate of drug-likeness (QED) is 0.567. The van der Waals surface area contributed by atoms with Crippen LogP contribution in [0.2, 0.25) is 0 Å². The maximum atomic E-state index is 13.0. The summed E-state index contributed by atoms with van der Waals surface area (Å²) in [6.07, 6.45) is -7.92. The fourth-order valence-corrected chi connectivity index (χ4v) is 3.07. The highest BCUT2D eigenvalue weighted by Gasteiger charge is 2.37. The zero-order chi connectivity index (χ0) is 24.8. The van der Waals surface area contributed by atoms with Crippen molar-refractivity contribution in [3.05, 3.63) is 52.2 Å². The average molecular weight is 475 g/mol. The smallest absolute Gasteiger partial charge is 0.326 e. The Morgan fingerprint density at radius 2 is 1.58 bits per heavy atom. The van der Waals surface area contributed by atoms with Gasteiger partial charge in [-0.2, -0.15) is 31.4 Å². The van der Waals surface area contributed by atoms with E-state index < -0.39 is 52.6 Å². The molecule has 13 heteroatoms. The minimum Gasteiger partial charge on any atom is -0.326 e. The fourth-order valence-electron chi connectivity index (χ4n) is 3.07. The minimum absolute atomic E-state index is 0.0339. The number of amides is 1. The summed E-state index contributed by atoms with van der Waals surface area (Å²) in [6, 6.07) is 0.787. The summed E-state index contributed by atoms with van der Waals surface area (Å²) in [5.74, 6) is -0.875. The number of halogens is 6. The molecule has 178 valence electrons. The summed E-state index contributed by atoms with van der Waals surface area (Å²) in [4.78, 5) is 29.0. The minimum atomic E-state index is -5.04. The first-order valence-corrected chi connectivity index (χ1v) is 9.60. The zero-order valence-electron chi connectivity index (χ0n) is 17.7. The van der Waals surface area contributed by atoms with Crippen molar-refractivity contribution in [2.45, 2.75) is 51.6 Å². The molecule has 3 aromatic rings. The third-order valence-corrected chi connectivity index (χ3v) is 4.64. The SMILES string of the molecule is CC(C)(C)n1ncc2c(=O)n(CCC(=O)Nc3cc(C(F)(F)F)cc(C(F)(F)F)c3)cnc21. The monoisotopic (exact) mass is 475 g/mol. The molecular weight excluding hydrogens is 456 g/mol. The van der Waals surface area contributed by atoms with E-state index in [4.69, 9.17) is 0 Å². The molecule has 1 amide bonds. The van der Waals surface area contributed by atoms with Crippen LogP contribution in [-0.2, 0) is 29.2 Å². The Morgan fingerprint density at radius 1 is 1.00 bits per heavy atom. The summed E-state index contributed by atoms with van der Waals surface area (Å²) in [5.41, 5.74) is -4.33. The molecule has 0 atom stereocenters. The summed E-state index contributed by atoms with van der Waals surface area (Å²) < 4.78 is 80.4. The van der Waals surface area contributed by atoms with E-state index in [0.29, 0.717) is 17.8 Å². The van der Waals surface area contributed by atoms with Gasteiger partial charge in [0, 0.05) is 18.7 Å². The molecule has 33 heavy (non-hydrogen) atoms. The molecule has 0 saturated heterocycles. The van der Waals surface area contributed by atoms with Gasteiger partial charge in [-0.1, -0.05) is 0 Å². The van der Waals surface area contributed by atoms with E-state index in [1.807, 2.05) is 26.1 Å². The van der Waals surface area contributed by atoms with Gasteiger partial charge in [0.1, 0.15) is 5.39 Å². The predicted octanol–water partition coefficient (Wildman–Crippen LogP) is 4.41. The van der Waals surface area contributed by atoms with Crippen LogP contribution in [0.3, 0.4) is 0 Å². The second-order valence-corrected chi connectivity index (χ2v) is 8.30.